The smallest absolute Gasteiger partial charge is 0.246 e. The summed E-state index contributed by atoms with van der Waals surface area (Å²) >= 11 is 0. The van der Waals surface area contributed by atoms with Crippen LogP contribution in [0.3, 0.4) is 0 Å². The van der Waals surface area contributed by atoms with Crippen LogP contribution in [0.5, 0.6) is 0 Å². The molecule has 5 heteroatoms. The van der Waals surface area contributed by atoms with Gasteiger partial charge in [-0.1, -0.05) is 44.2 Å². The number of piperidine rings is 1. The second-order valence-corrected chi connectivity index (χ2v) is 6.67. The predicted octanol–water partition coefficient (Wildman–Crippen LogP) is 1.57. The van der Waals surface area contributed by atoms with Crippen molar-refractivity contribution < 1.29 is 9.59 Å². The summed E-state index contributed by atoms with van der Waals surface area (Å²) in [6.45, 7) is 6.66. The molecule has 0 bridgehead atoms. The van der Waals surface area contributed by atoms with E-state index in [1.165, 1.54) is 6.42 Å². The summed E-state index contributed by atoms with van der Waals surface area (Å²) in [5.41, 5.74) is 0.792. The maximum Gasteiger partial charge on any atom is 0.246 e. The van der Waals surface area contributed by atoms with Crippen LogP contribution in [0.2, 0.25) is 0 Å². The largest absolute Gasteiger partial charge is 0.357 e. The van der Waals surface area contributed by atoms with Crippen molar-refractivity contribution in [1.82, 2.24) is 15.5 Å². The highest BCUT2D eigenvalue weighted by atomic mass is 16.2. The molecule has 3 unspecified atom stereocenters. The molecule has 1 aromatic rings. The highest BCUT2D eigenvalue weighted by molar-refractivity contribution is 5.89. The lowest BCUT2D eigenvalue weighted by atomic mass is 9.92. The fourth-order valence-electron chi connectivity index (χ4n) is 3.42. The summed E-state index contributed by atoms with van der Waals surface area (Å²) in [4.78, 5) is 26.7. The molecule has 0 aliphatic carbocycles. The van der Waals surface area contributed by atoms with E-state index in [0.29, 0.717) is 18.4 Å². The molecule has 0 spiro atoms. The van der Waals surface area contributed by atoms with Gasteiger partial charge in [-0.15, -0.1) is 0 Å². The van der Waals surface area contributed by atoms with Gasteiger partial charge in [0, 0.05) is 20.1 Å². The van der Waals surface area contributed by atoms with E-state index in [1.54, 1.807) is 7.05 Å². The molecule has 2 rings (SSSR count). The van der Waals surface area contributed by atoms with Crippen LogP contribution in [0.4, 0.5) is 0 Å². The lowest BCUT2D eigenvalue weighted by molar-refractivity contribution is -0.129. The Morgan fingerprint density at radius 2 is 1.78 bits per heavy atom. The van der Waals surface area contributed by atoms with Gasteiger partial charge in [0.05, 0.1) is 6.54 Å². The van der Waals surface area contributed by atoms with E-state index in [9.17, 15) is 9.59 Å². The number of benzene rings is 1. The Morgan fingerprint density at radius 3 is 2.35 bits per heavy atom. The Bertz CT molecular complexity index is 522. The number of amides is 2. The molecule has 0 saturated carbocycles. The van der Waals surface area contributed by atoms with E-state index in [1.807, 2.05) is 30.3 Å². The number of hydrogen-bond donors (Lipinski definition) is 2. The molecule has 126 valence electrons. The third-order valence-corrected chi connectivity index (χ3v) is 4.26. The molecular formula is C18H27N3O2. The quantitative estimate of drug-likeness (QED) is 0.866. The van der Waals surface area contributed by atoms with Crippen LogP contribution in [0.15, 0.2) is 30.3 Å². The zero-order valence-electron chi connectivity index (χ0n) is 14.2. The van der Waals surface area contributed by atoms with Crippen molar-refractivity contribution in [1.29, 1.82) is 0 Å². The fourth-order valence-corrected chi connectivity index (χ4v) is 3.42. The highest BCUT2D eigenvalue weighted by Gasteiger charge is 2.26. The minimum absolute atomic E-state index is 0.108. The van der Waals surface area contributed by atoms with Gasteiger partial charge in [0.1, 0.15) is 6.04 Å². The maximum absolute atomic E-state index is 12.4. The van der Waals surface area contributed by atoms with Crippen LogP contribution in [0.1, 0.15) is 31.9 Å². The maximum atomic E-state index is 12.4. The van der Waals surface area contributed by atoms with Crippen molar-refractivity contribution in [3.8, 4) is 0 Å². The summed E-state index contributed by atoms with van der Waals surface area (Å²) in [7, 11) is 1.58. The molecule has 2 amide bonds. The molecule has 1 aliphatic heterocycles. The molecule has 3 atom stereocenters. The lowest BCUT2D eigenvalue weighted by Crippen LogP contribution is -2.47. The fraction of sp³-hybridized carbons (Fsp3) is 0.556. The molecule has 0 radical (unpaired) electrons. The summed E-state index contributed by atoms with van der Waals surface area (Å²) < 4.78 is 0. The Labute approximate surface area is 138 Å². The van der Waals surface area contributed by atoms with Crippen molar-refractivity contribution in [3.63, 3.8) is 0 Å². The molecule has 1 heterocycles. The third-order valence-electron chi connectivity index (χ3n) is 4.26. The number of carbonyl (C=O) groups excluding carboxylic acids is 2. The Balaban J connectivity index is 1.99. The van der Waals surface area contributed by atoms with E-state index < -0.39 is 6.04 Å². The molecule has 1 aliphatic rings. The summed E-state index contributed by atoms with van der Waals surface area (Å²) in [6.07, 6.45) is 1.21. The number of carbonyl (C=O) groups is 2. The summed E-state index contributed by atoms with van der Waals surface area (Å²) in [6, 6.07) is 8.68. The Morgan fingerprint density at radius 1 is 1.17 bits per heavy atom. The molecule has 23 heavy (non-hydrogen) atoms. The zero-order chi connectivity index (χ0) is 16.8. The van der Waals surface area contributed by atoms with Crippen LogP contribution < -0.4 is 10.6 Å². The third kappa shape index (κ3) is 5.06. The molecular weight excluding hydrogens is 290 g/mol. The van der Waals surface area contributed by atoms with Crippen LogP contribution in [-0.4, -0.2) is 43.4 Å². The lowest BCUT2D eigenvalue weighted by Gasteiger charge is -2.34. The van der Waals surface area contributed by atoms with Crippen LogP contribution in [0.25, 0.3) is 0 Å². The molecule has 1 saturated heterocycles. The SMILES string of the molecule is CNC(=O)C(NC(=O)CN1CC(C)CC(C)C1)c1ccccc1. The summed E-state index contributed by atoms with van der Waals surface area (Å²) in [5, 5.41) is 5.49. The number of likely N-dealkylation sites (N-methyl/N-ethyl adjacent to an activating group) is 1. The first-order chi connectivity index (χ1) is 11.0. The van der Waals surface area contributed by atoms with Gasteiger partial charge in [-0.25, -0.2) is 0 Å². The van der Waals surface area contributed by atoms with Crippen molar-refractivity contribution in [2.24, 2.45) is 11.8 Å². The number of likely N-dealkylation sites (tertiary alicyclic amines) is 1. The zero-order valence-corrected chi connectivity index (χ0v) is 14.2. The monoisotopic (exact) mass is 317 g/mol. The molecule has 1 fully saturated rings. The van der Waals surface area contributed by atoms with Gasteiger partial charge in [-0.3, -0.25) is 14.5 Å². The van der Waals surface area contributed by atoms with Gasteiger partial charge in [-0.05, 0) is 23.8 Å². The second kappa shape index (κ2) is 8.11. The second-order valence-electron chi connectivity index (χ2n) is 6.67. The average Bonchev–Trinajstić information content (AvgIpc) is 2.51. The van der Waals surface area contributed by atoms with Gasteiger partial charge in [0.25, 0.3) is 0 Å². The van der Waals surface area contributed by atoms with E-state index in [0.717, 1.165) is 18.7 Å². The first kappa shape index (κ1) is 17.5. The van der Waals surface area contributed by atoms with Gasteiger partial charge >= 0.3 is 0 Å². The van der Waals surface area contributed by atoms with Crippen molar-refractivity contribution in [3.05, 3.63) is 35.9 Å². The van der Waals surface area contributed by atoms with Crippen molar-refractivity contribution in [2.75, 3.05) is 26.7 Å². The highest BCUT2D eigenvalue weighted by Crippen LogP contribution is 2.20. The van der Waals surface area contributed by atoms with Gasteiger partial charge in [0.2, 0.25) is 11.8 Å². The topological polar surface area (TPSA) is 61.4 Å². The van der Waals surface area contributed by atoms with Crippen LogP contribution in [-0.2, 0) is 9.59 Å². The molecule has 0 aromatic heterocycles. The van der Waals surface area contributed by atoms with E-state index in [-0.39, 0.29) is 11.8 Å². The van der Waals surface area contributed by atoms with E-state index >= 15 is 0 Å². The van der Waals surface area contributed by atoms with Gasteiger partial charge in [-0.2, -0.15) is 0 Å². The van der Waals surface area contributed by atoms with Gasteiger partial charge in [0.15, 0.2) is 0 Å². The standard InChI is InChI=1S/C18H27N3O2/c1-13-9-14(2)11-21(10-13)12-16(22)20-17(18(23)19-3)15-7-5-4-6-8-15/h4-8,13-14,17H,9-12H2,1-3H3,(H,19,23)(H,20,22). The van der Waals surface area contributed by atoms with E-state index in [2.05, 4.69) is 29.4 Å². The Kier molecular flexibility index (Phi) is 6.16. The molecule has 2 N–H and O–H groups in total. The normalized spacial score (nSPS) is 23.1. The van der Waals surface area contributed by atoms with Gasteiger partial charge < -0.3 is 10.6 Å². The van der Waals surface area contributed by atoms with Crippen molar-refractivity contribution >= 4 is 11.8 Å². The average molecular weight is 317 g/mol. The predicted molar refractivity (Wildman–Crippen MR) is 90.8 cm³/mol. The summed E-state index contributed by atoms with van der Waals surface area (Å²) in [5.74, 6) is 0.902. The number of hydrogen-bond acceptors (Lipinski definition) is 3. The number of nitrogens with zero attached hydrogens (tertiary/aromatic N) is 1. The minimum atomic E-state index is -0.645. The van der Waals surface area contributed by atoms with E-state index in [4.69, 9.17) is 0 Å². The first-order valence-electron chi connectivity index (χ1n) is 8.27. The first-order valence-corrected chi connectivity index (χ1v) is 8.27. The van der Waals surface area contributed by atoms with Crippen LogP contribution in [0, 0.1) is 11.8 Å². The minimum Gasteiger partial charge on any atom is -0.357 e. The molecule has 1 aromatic carbocycles. The van der Waals surface area contributed by atoms with Crippen molar-refractivity contribution in [2.45, 2.75) is 26.3 Å². The number of nitrogens with one attached hydrogen (secondary N) is 2. The number of rotatable bonds is 5. The van der Waals surface area contributed by atoms with Crippen LogP contribution >= 0.6 is 0 Å². The Hall–Kier alpha value is -1.88. The molecule has 5 nitrogen and oxygen atoms in total.